The molecule has 0 fully saturated rings. The van der Waals surface area contributed by atoms with Crippen LogP contribution < -0.4 is 0 Å². The zero-order chi connectivity index (χ0) is 57.1. The molecule has 6 heteroatoms. The van der Waals surface area contributed by atoms with E-state index in [0.29, 0.717) is 19.3 Å². The average Bonchev–Trinajstić information content (AvgIpc) is 3.45. The molecule has 1 atom stereocenters. The molecule has 460 valence electrons. The molecule has 6 nitrogen and oxygen atoms in total. The van der Waals surface area contributed by atoms with Crippen molar-refractivity contribution in [3.63, 3.8) is 0 Å². The molecule has 0 heterocycles. The Morgan fingerprint density at radius 1 is 0.266 bits per heavy atom. The summed E-state index contributed by atoms with van der Waals surface area (Å²) in [6, 6.07) is 0. The van der Waals surface area contributed by atoms with Gasteiger partial charge in [0.1, 0.15) is 13.2 Å². The Labute approximate surface area is 491 Å². The van der Waals surface area contributed by atoms with Gasteiger partial charge in [-0.1, -0.05) is 345 Å². The molecule has 0 saturated heterocycles. The van der Waals surface area contributed by atoms with Crippen LogP contribution in [0.4, 0.5) is 0 Å². The van der Waals surface area contributed by atoms with Gasteiger partial charge in [0.05, 0.1) is 0 Å². The van der Waals surface area contributed by atoms with E-state index in [1.165, 1.54) is 238 Å². The maximum Gasteiger partial charge on any atom is 0.306 e. The van der Waals surface area contributed by atoms with E-state index in [1.807, 2.05) is 0 Å². The largest absolute Gasteiger partial charge is 0.462 e. The third-order valence-corrected chi connectivity index (χ3v) is 15.5. The summed E-state index contributed by atoms with van der Waals surface area (Å²) in [5.41, 5.74) is 0. The highest BCUT2D eigenvalue weighted by molar-refractivity contribution is 5.71. The monoisotopic (exact) mass is 1110 g/mol. The molecule has 0 aromatic rings. The first-order chi connectivity index (χ1) is 39.0. The number of rotatable bonds is 64. The average molecular weight is 1110 g/mol. The van der Waals surface area contributed by atoms with E-state index < -0.39 is 6.10 Å². The number of esters is 3. The van der Waals surface area contributed by atoms with Crippen molar-refractivity contribution in [1.29, 1.82) is 0 Å². The van der Waals surface area contributed by atoms with Gasteiger partial charge >= 0.3 is 17.9 Å². The molecule has 0 aromatic heterocycles. The van der Waals surface area contributed by atoms with E-state index in [9.17, 15) is 14.4 Å². The van der Waals surface area contributed by atoms with Crippen molar-refractivity contribution in [2.24, 2.45) is 0 Å². The molecule has 0 N–H and O–H groups in total. The molecule has 0 aliphatic heterocycles. The lowest BCUT2D eigenvalue weighted by Crippen LogP contribution is -2.30. The first kappa shape index (κ1) is 76.1. The van der Waals surface area contributed by atoms with Crippen molar-refractivity contribution in [2.45, 2.75) is 374 Å². The van der Waals surface area contributed by atoms with E-state index in [0.717, 1.165) is 89.9 Å². The molecule has 0 saturated carbocycles. The molecule has 0 spiro atoms. The van der Waals surface area contributed by atoms with Gasteiger partial charge in [0.2, 0.25) is 0 Å². The second-order valence-corrected chi connectivity index (χ2v) is 23.4. The van der Waals surface area contributed by atoms with Gasteiger partial charge in [-0.15, -0.1) is 0 Å². The lowest BCUT2D eigenvalue weighted by molar-refractivity contribution is -0.167. The van der Waals surface area contributed by atoms with Gasteiger partial charge < -0.3 is 14.2 Å². The van der Waals surface area contributed by atoms with Gasteiger partial charge in [-0.3, -0.25) is 14.4 Å². The minimum atomic E-state index is -0.768. The highest BCUT2D eigenvalue weighted by Gasteiger charge is 2.19. The SMILES string of the molecule is CC/C=C\C/C=C\C/C=C\C/C=C\C/C=C\CCCCCCCCCCCCCCCCCCCC(=O)OCC(COC(=O)CCCCCCCCCCC)OC(=O)CCCCCCCCCCCCCCCCCCCCC. The van der Waals surface area contributed by atoms with E-state index in [2.05, 4.69) is 81.5 Å². The zero-order valence-corrected chi connectivity index (χ0v) is 52.9. The Kier molecular flexibility index (Phi) is 65.1. The molecule has 0 rings (SSSR count). The molecule has 0 aliphatic rings. The fourth-order valence-electron chi connectivity index (χ4n) is 10.4. The summed E-state index contributed by atoms with van der Waals surface area (Å²) in [5.74, 6) is -0.844. The summed E-state index contributed by atoms with van der Waals surface area (Å²) in [6.45, 7) is 6.57. The summed E-state index contributed by atoms with van der Waals surface area (Å²) in [5, 5.41) is 0. The van der Waals surface area contributed by atoms with Crippen LogP contribution >= 0.6 is 0 Å². The maximum atomic E-state index is 12.9. The Morgan fingerprint density at radius 2 is 0.494 bits per heavy atom. The van der Waals surface area contributed by atoms with Crippen LogP contribution in [0.3, 0.4) is 0 Å². The van der Waals surface area contributed by atoms with Crippen molar-refractivity contribution in [1.82, 2.24) is 0 Å². The van der Waals surface area contributed by atoms with Crippen LogP contribution in [0.25, 0.3) is 0 Å². The van der Waals surface area contributed by atoms with Crippen molar-refractivity contribution >= 4 is 17.9 Å². The van der Waals surface area contributed by atoms with Crippen molar-refractivity contribution in [3.8, 4) is 0 Å². The molecule has 0 bridgehead atoms. The van der Waals surface area contributed by atoms with Crippen LogP contribution in [0.5, 0.6) is 0 Å². The quantitative estimate of drug-likeness (QED) is 0.0261. The molecule has 79 heavy (non-hydrogen) atoms. The Bertz CT molecular complexity index is 1410. The number of carbonyl (C=O) groups excluding carboxylic acids is 3. The van der Waals surface area contributed by atoms with E-state index in [-0.39, 0.29) is 31.1 Å². The van der Waals surface area contributed by atoms with Gasteiger partial charge in [-0.2, -0.15) is 0 Å². The minimum Gasteiger partial charge on any atom is -0.462 e. The van der Waals surface area contributed by atoms with Crippen LogP contribution in [0.1, 0.15) is 367 Å². The molecular weight excluding hydrogens is 973 g/mol. The minimum absolute atomic E-state index is 0.0667. The van der Waals surface area contributed by atoms with E-state index >= 15 is 0 Å². The van der Waals surface area contributed by atoms with Gasteiger partial charge in [-0.05, 0) is 64.2 Å². The highest BCUT2D eigenvalue weighted by atomic mass is 16.6. The highest BCUT2D eigenvalue weighted by Crippen LogP contribution is 2.18. The zero-order valence-electron chi connectivity index (χ0n) is 52.9. The number of carbonyl (C=O) groups is 3. The Morgan fingerprint density at radius 3 is 0.772 bits per heavy atom. The third kappa shape index (κ3) is 65.8. The number of hydrogen-bond acceptors (Lipinski definition) is 6. The summed E-state index contributed by atoms with van der Waals surface area (Å²) in [7, 11) is 0. The number of ether oxygens (including phenoxy) is 3. The van der Waals surface area contributed by atoms with Crippen LogP contribution in [-0.2, 0) is 28.6 Å². The van der Waals surface area contributed by atoms with Gasteiger partial charge in [0.25, 0.3) is 0 Å². The lowest BCUT2D eigenvalue weighted by Gasteiger charge is -2.18. The standard InChI is InChI=1S/C73H132O6/c1-4-7-10-13-16-19-21-23-25-27-29-30-31-32-33-34-35-36-37-38-39-40-41-42-44-45-47-49-51-54-57-60-63-66-72(75)78-69-70(68-77-71(74)65-62-59-56-53-18-15-12-9-6-3)79-73(76)67-64-61-58-55-52-50-48-46-43-28-26-24-22-20-17-14-11-8-5-2/h7,10,16,19,23,25,29-30,32-33,70H,4-6,8-9,11-15,17-18,20-22,24,26-28,31,34-69H2,1-3H3/b10-7-,19-16-,25-23-,30-29-,33-32-. The van der Waals surface area contributed by atoms with Crippen molar-refractivity contribution in [3.05, 3.63) is 60.8 Å². The fourth-order valence-corrected chi connectivity index (χ4v) is 10.4. The van der Waals surface area contributed by atoms with Crippen LogP contribution in [0, 0.1) is 0 Å². The third-order valence-electron chi connectivity index (χ3n) is 15.5. The summed E-state index contributed by atoms with van der Waals surface area (Å²) in [4.78, 5) is 38.2. The summed E-state index contributed by atoms with van der Waals surface area (Å²) < 4.78 is 16.9. The topological polar surface area (TPSA) is 78.9 Å². The molecule has 0 aromatic carbocycles. The maximum absolute atomic E-state index is 12.9. The number of allylic oxidation sites excluding steroid dienone is 10. The summed E-state index contributed by atoms with van der Waals surface area (Å²) in [6.07, 6.45) is 86.9. The molecule has 0 amide bonds. The second kappa shape index (κ2) is 67.6. The van der Waals surface area contributed by atoms with E-state index in [1.54, 1.807) is 0 Å². The number of hydrogen-bond donors (Lipinski definition) is 0. The molecule has 0 radical (unpaired) electrons. The predicted molar refractivity (Wildman–Crippen MR) is 344 cm³/mol. The fraction of sp³-hybridized carbons (Fsp3) is 0.822. The predicted octanol–water partition coefficient (Wildman–Crippen LogP) is 23.9. The Balaban J connectivity index is 4.06. The van der Waals surface area contributed by atoms with Crippen LogP contribution in [0.15, 0.2) is 60.8 Å². The first-order valence-corrected chi connectivity index (χ1v) is 34.8. The lowest BCUT2D eigenvalue weighted by atomic mass is 10.0. The van der Waals surface area contributed by atoms with Crippen molar-refractivity contribution < 1.29 is 28.6 Å². The molecule has 0 aliphatic carbocycles. The molecule has 1 unspecified atom stereocenters. The first-order valence-electron chi connectivity index (χ1n) is 34.8. The van der Waals surface area contributed by atoms with E-state index in [4.69, 9.17) is 14.2 Å². The Hall–Kier alpha value is -2.89. The normalized spacial score (nSPS) is 12.4. The smallest absolute Gasteiger partial charge is 0.306 e. The molecular formula is C73H132O6. The van der Waals surface area contributed by atoms with Gasteiger partial charge in [0, 0.05) is 19.3 Å². The van der Waals surface area contributed by atoms with Crippen LogP contribution in [-0.4, -0.2) is 37.2 Å². The summed E-state index contributed by atoms with van der Waals surface area (Å²) >= 11 is 0. The van der Waals surface area contributed by atoms with Crippen molar-refractivity contribution in [2.75, 3.05) is 13.2 Å². The van der Waals surface area contributed by atoms with Crippen LogP contribution in [0.2, 0.25) is 0 Å². The second-order valence-electron chi connectivity index (χ2n) is 23.4. The van der Waals surface area contributed by atoms with Gasteiger partial charge in [-0.25, -0.2) is 0 Å². The van der Waals surface area contributed by atoms with Gasteiger partial charge in [0.15, 0.2) is 6.10 Å². The number of unbranched alkanes of at least 4 members (excludes halogenated alkanes) is 43.